The Morgan fingerprint density at radius 1 is 1.33 bits per heavy atom. The zero-order valence-electron chi connectivity index (χ0n) is 6.30. The van der Waals surface area contributed by atoms with Crippen molar-refractivity contribution in [2.75, 3.05) is 7.05 Å². The summed E-state index contributed by atoms with van der Waals surface area (Å²) in [7, 11) is 2.27. The Kier molecular flexibility index (Phi) is 1.10. The van der Waals surface area contributed by atoms with Crippen molar-refractivity contribution in [3.63, 3.8) is 0 Å². The molecule has 1 saturated heterocycles. The summed E-state index contributed by atoms with van der Waals surface area (Å²) in [6.07, 6.45) is 4.42. The van der Waals surface area contributed by atoms with Crippen molar-refractivity contribution in [2.45, 2.75) is 38.3 Å². The highest BCUT2D eigenvalue weighted by molar-refractivity contribution is 4.96. The smallest absolute Gasteiger partial charge is 0.0124 e. The second-order valence-electron chi connectivity index (χ2n) is 3.65. The third kappa shape index (κ3) is 0.644. The highest BCUT2D eigenvalue weighted by Gasteiger charge is 2.42. The minimum absolute atomic E-state index is 0.863. The molecule has 1 aliphatic carbocycles. The molecule has 1 aliphatic heterocycles. The van der Waals surface area contributed by atoms with E-state index in [-0.39, 0.29) is 0 Å². The lowest BCUT2D eigenvalue weighted by Crippen LogP contribution is -2.38. The molecule has 0 bridgehead atoms. The van der Waals surface area contributed by atoms with Crippen LogP contribution in [0, 0.1) is 5.92 Å². The molecular formula is C8H15N. The summed E-state index contributed by atoms with van der Waals surface area (Å²) in [5.74, 6) is 1.07. The lowest BCUT2D eigenvalue weighted by molar-refractivity contribution is 0.154. The van der Waals surface area contributed by atoms with Gasteiger partial charge in [-0.3, -0.25) is 0 Å². The maximum Gasteiger partial charge on any atom is 0.0124 e. The van der Waals surface area contributed by atoms with Gasteiger partial charge in [-0.2, -0.15) is 0 Å². The zero-order chi connectivity index (χ0) is 6.43. The molecule has 3 atom stereocenters. The molecule has 0 N–H and O–H groups in total. The van der Waals surface area contributed by atoms with E-state index in [4.69, 9.17) is 0 Å². The lowest BCUT2D eigenvalue weighted by atomic mass is 9.80. The fraction of sp³-hybridized carbons (Fsp3) is 1.00. The van der Waals surface area contributed by atoms with Gasteiger partial charge < -0.3 is 4.90 Å². The third-order valence-electron chi connectivity index (χ3n) is 3.24. The van der Waals surface area contributed by atoms with E-state index >= 15 is 0 Å². The van der Waals surface area contributed by atoms with E-state index in [2.05, 4.69) is 18.9 Å². The summed E-state index contributed by atoms with van der Waals surface area (Å²) in [5.41, 5.74) is 0. The molecule has 1 nitrogen and oxygen atoms in total. The van der Waals surface area contributed by atoms with Crippen LogP contribution in [0.1, 0.15) is 26.2 Å². The first-order valence-electron chi connectivity index (χ1n) is 4.01. The monoisotopic (exact) mass is 125 g/mol. The molecule has 52 valence electrons. The second-order valence-corrected chi connectivity index (χ2v) is 3.65. The van der Waals surface area contributed by atoms with Crippen molar-refractivity contribution in [1.82, 2.24) is 4.90 Å². The van der Waals surface area contributed by atoms with Gasteiger partial charge in [0.1, 0.15) is 0 Å². The molecule has 0 aromatic heterocycles. The SMILES string of the molecule is C[C@@H]1CC2CCC2N1C. The molecule has 2 aliphatic rings. The molecule has 2 rings (SSSR count). The number of nitrogens with zero attached hydrogens (tertiary/aromatic N) is 1. The standard InChI is InChI=1S/C8H15N/c1-6-5-7-3-4-8(7)9(6)2/h6-8H,3-5H2,1-2H3/t6-,7?,8?/m1/s1. The minimum Gasteiger partial charge on any atom is -0.300 e. The van der Waals surface area contributed by atoms with E-state index in [0.29, 0.717) is 0 Å². The van der Waals surface area contributed by atoms with E-state index in [1.807, 2.05) is 0 Å². The molecule has 0 aromatic rings. The molecule has 0 radical (unpaired) electrons. The molecular weight excluding hydrogens is 110 g/mol. The molecule has 0 amide bonds. The molecule has 1 saturated carbocycles. The van der Waals surface area contributed by atoms with Crippen molar-refractivity contribution in [3.8, 4) is 0 Å². The molecule has 0 spiro atoms. The van der Waals surface area contributed by atoms with E-state index in [1.54, 1.807) is 0 Å². The highest BCUT2D eigenvalue weighted by Crippen LogP contribution is 2.42. The summed E-state index contributed by atoms with van der Waals surface area (Å²) < 4.78 is 0. The van der Waals surface area contributed by atoms with Crippen LogP contribution in [0.2, 0.25) is 0 Å². The second kappa shape index (κ2) is 1.72. The van der Waals surface area contributed by atoms with Gasteiger partial charge in [0, 0.05) is 12.1 Å². The van der Waals surface area contributed by atoms with E-state index in [0.717, 1.165) is 18.0 Å². The Bertz CT molecular complexity index is 118. The number of hydrogen-bond acceptors (Lipinski definition) is 1. The fourth-order valence-corrected chi connectivity index (χ4v) is 2.29. The fourth-order valence-electron chi connectivity index (χ4n) is 2.29. The van der Waals surface area contributed by atoms with Crippen molar-refractivity contribution < 1.29 is 0 Å². The van der Waals surface area contributed by atoms with Crippen LogP contribution in [-0.4, -0.2) is 24.0 Å². The Morgan fingerprint density at radius 2 is 2.11 bits per heavy atom. The maximum absolute atomic E-state index is 2.55. The lowest BCUT2D eigenvalue weighted by Gasteiger charge is -2.34. The van der Waals surface area contributed by atoms with Gasteiger partial charge >= 0.3 is 0 Å². The van der Waals surface area contributed by atoms with E-state index in [1.165, 1.54) is 19.3 Å². The zero-order valence-corrected chi connectivity index (χ0v) is 6.30. The van der Waals surface area contributed by atoms with Crippen LogP contribution in [-0.2, 0) is 0 Å². The Hall–Kier alpha value is -0.0400. The van der Waals surface area contributed by atoms with Crippen LogP contribution in [0.3, 0.4) is 0 Å². The molecule has 2 unspecified atom stereocenters. The van der Waals surface area contributed by atoms with Gasteiger partial charge in [0.15, 0.2) is 0 Å². The van der Waals surface area contributed by atoms with Crippen LogP contribution < -0.4 is 0 Å². The van der Waals surface area contributed by atoms with Crippen molar-refractivity contribution >= 4 is 0 Å². The third-order valence-corrected chi connectivity index (χ3v) is 3.24. The molecule has 9 heavy (non-hydrogen) atoms. The van der Waals surface area contributed by atoms with Gasteiger partial charge in [-0.05, 0) is 39.2 Å². The molecule has 0 aromatic carbocycles. The predicted molar refractivity (Wildman–Crippen MR) is 38.4 cm³/mol. The quantitative estimate of drug-likeness (QED) is 0.474. The average molecular weight is 125 g/mol. The molecule has 1 heterocycles. The summed E-state index contributed by atoms with van der Waals surface area (Å²) >= 11 is 0. The van der Waals surface area contributed by atoms with Crippen LogP contribution in [0.4, 0.5) is 0 Å². The van der Waals surface area contributed by atoms with Crippen molar-refractivity contribution in [3.05, 3.63) is 0 Å². The Morgan fingerprint density at radius 3 is 2.33 bits per heavy atom. The number of hydrogen-bond donors (Lipinski definition) is 0. The first-order valence-corrected chi connectivity index (χ1v) is 4.01. The van der Waals surface area contributed by atoms with Crippen LogP contribution in [0.25, 0.3) is 0 Å². The summed E-state index contributed by atoms with van der Waals surface area (Å²) in [5, 5.41) is 0. The van der Waals surface area contributed by atoms with Crippen molar-refractivity contribution in [2.24, 2.45) is 5.92 Å². The maximum atomic E-state index is 2.55. The number of fused-ring (bicyclic) bond motifs is 1. The van der Waals surface area contributed by atoms with Crippen molar-refractivity contribution in [1.29, 1.82) is 0 Å². The summed E-state index contributed by atoms with van der Waals surface area (Å²) in [4.78, 5) is 2.55. The number of likely N-dealkylation sites (tertiary alicyclic amines) is 1. The van der Waals surface area contributed by atoms with Gasteiger partial charge in [0.05, 0.1) is 0 Å². The first kappa shape index (κ1) is 5.72. The van der Waals surface area contributed by atoms with Gasteiger partial charge in [-0.25, -0.2) is 0 Å². The number of rotatable bonds is 0. The van der Waals surface area contributed by atoms with Crippen LogP contribution in [0.15, 0.2) is 0 Å². The molecule has 2 fully saturated rings. The minimum atomic E-state index is 0.863. The van der Waals surface area contributed by atoms with Crippen LogP contribution in [0.5, 0.6) is 0 Å². The summed E-state index contributed by atoms with van der Waals surface area (Å²) in [6, 6.07) is 1.84. The summed E-state index contributed by atoms with van der Waals surface area (Å²) in [6.45, 7) is 2.35. The Labute approximate surface area is 57.0 Å². The van der Waals surface area contributed by atoms with Gasteiger partial charge in [0.2, 0.25) is 0 Å². The highest BCUT2D eigenvalue weighted by atomic mass is 15.2. The van der Waals surface area contributed by atoms with Gasteiger partial charge in [0.25, 0.3) is 0 Å². The normalized spacial score (nSPS) is 50.7. The van der Waals surface area contributed by atoms with Crippen LogP contribution >= 0.6 is 0 Å². The van der Waals surface area contributed by atoms with E-state index < -0.39 is 0 Å². The molecule has 1 heteroatoms. The van der Waals surface area contributed by atoms with Gasteiger partial charge in [-0.1, -0.05) is 0 Å². The topological polar surface area (TPSA) is 3.24 Å². The predicted octanol–water partition coefficient (Wildman–Crippen LogP) is 1.49. The first-order chi connectivity index (χ1) is 4.29. The Balaban J connectivity index is 2.07. The average Bonchev–Trinajstić information content (AvgIpc) is 1.92. The largest absolute Gasteiger partial charge is 0.300 e. The van der Waals surface area contributed by atoms with Gasteiger partial charge in [-0.15, -0.1) is 0 Å². The van der Waals surface area contributed by atoms with E-state index in [9.17, 15) is 0 Å².